The lowest BCUT2D eigenvalue weighted by Gasteiger charge is -2.00. The van der Waals surface area contributed by atoms with Crippen LogP contribution in [0.3, 0.4) is 0 Å². The van der Waals surface area contributed by atoms with Gasteiger partial charge in [-0.05, 0) is 46.7 Å². The molecule has 0 aliphatic carbocycles. The monoisotopic (exact) mass is 361 g/mol. The van der Waals surface area contributed by atoms with E-state index in [-0.39, 0.29) is 5.91 Å². The quantitative estimate of drug-likeness (QED) is 0.509. The average molecular weight is 361 g/mol. The minimum Gasteiger partial charge on any atom is -0.497 e. The largest absolute Gasteiger partial charge is 0.497 e. The number of nitriles is 1. The molecule has 1 aliphatic rings. The van der Waals surface area contributed by atoms with Crippen LogP contribution in [0.1, 0.15) is 16.7 Å². The average Bonchev–Trinajstić information content (AvgIpc) is 3.01. The van der Waals surface area contributed by atoms with Crippen molar-refractivity contribution in [2.45, 2.75) is 0 Å². The molecule has 2 aromatic rings. The number of rotatable bonds is 4. The first-order chi connectivity index (χ1) is 12.7. The first-order valence-corrected chi connectivity index (χ1v) is 8.59. The van der Waals surface area contributed by atoms with Crippen LogP contribution in [0.4, 0.5) is 0 Å². The summed E-state index contributed by atoms with van der Waals surface area (Å²) in [6, 6.07) is 15.7. The standard InChI is InChI=1S/C20H15N3O2S/c1-25-17-4-2-3-15(11-17)8-5-14-6-9-16(10-7-14)12-18-19(24)23-20(26-18)22-13-21/h2-12H,1H3,(H,22,23,24). The van der Waals surface area contributed by atoms with Crippen LogP contribution in [0.15, 0.2) is 58.4 Å². The van der Waals surface area contributed by atoms with E-state index in [4.69, 9.17) is 10.00 Å². The summed E-state index contributed by atoms with van der Waals surface area (Å²) in [6.45, 7) is 0. The van der Waals surface area contributed by atoms with Crippen molar-refractivity contribution in [3.63, 3.8) is 0 Å². The van der Waals surface area contributed by atoms with Crippen LogP contribution < -0.4 is 10.1 Å². The highest BCUT2D eigenvalue weighted by Crippen LogP contribution is 2.26. The molecule has 0 saturated carbocycles. The first kappa shape index (κ1) is 17.5. The molecule has 1 aliphatic heterocycles. The fourth-order valence-electron chi connectivity index (χ4n) is 2.32. The van der Waals surface area contributed by atoms with Crippen molar-refractivity contribution in [2.24, 2.45) is 4.99 Å². The van der Waals surface area contributed by atoms with Crippen LogP contribution in [-0.4, -0.2) is 18.2 Å². The van der Waals surface area contributed by atoms with Gasteiger partial charge in [0.1, 0.15) is 5.75 Å². The minimum absolute atomic E-state index is 0.244. The maximum absolute atomic E-state index is 11.8. The van der Waals surface area contributed by atoms with Crippen LogP contribution in [-0.2, 0) is 4.79 Å². The molecule has 1 amide bonds. The molecule has 128 valence electrons. The van der Waals surface area contributed by atoms with Gasteiger partial charge in [-0.25, -0.2) is 0 Å². The summed E-state index contributed by atoms with van der Waals surface area (Å²) in [5, 5.41) is 11.4. The number of aliphatic imine (C=N–C) groups is 1. The second-order valence-corrected chi connectivity index (χ2v) is 6.39. The van der Waals surface area contributed by atoms with Crippen molar-refractivity contribution in [3.05, 3.63) is 70.1 Å². The molecule has 2 aromatic carbocycles. The second-order valence-electron chi connectivity index (χ2n) is 5.36. The molecule has 1 fully saturated rings. The highest BCUT2D eigenvalue weighted by molar-refractivity contribution is 8.18. The number of thioether (sulfide) groups is 1. The topological polar surface area (TPSA) is 74.5 Å². The summed E-state index contributed by atoms with van der Waals surface area (Å²) in [5.74, 6) is 0.576. The lowest BCUT2D eigenvalue weighted by Crippen LogP contribution is -2.19. The minimum atomic E-state index is -0.244. The van der Waals surface area contributed by atoms with Gasteiger partial charge in [-0.2, -0.15) is 5.26 Å². The van der Waals surface area contributed by atoms with Crippen LogP contribution in [0.25, 0.3) is 18.2 Å². The van der Waals surface area contributed by atoms with Gasteiger partial charge in [-0.15, -0.1) is 4.99 Å². The van der Waals surface area contributed by atoms with Crippen LogP contribution >= 0.6 is 11.8 Å². The number of amides is 1. The summed E-state index contributed by atoms with van der Waals surface area (Å²) in [4.78, 5) is 15.9. The van der Waals surface area contributed by atoms with Gasteiger partial charge < -0.3 is 4.74 Å². The predicted molar refractivity (Wildman–Crippen MR) is 105 cm³/mol. The maximum atomic E-state index is 11.8. The van der Waals surface area contributed by atoms with Gasteiger partial charge in [-0.1, -0.05) is 48.6 Å². The fraction of sp³-hybridized carbons (Fsp3) is 0.0500. The maximum Gasteiger partial charge on any atom is 0.264 e. The van der Waals surface area contributed by atoms with E-state index in [9.17, 15) is 4.79 Å². The highest BCUT2D eigenvalue weighted by Gasteiger charge is 2.23. The number of amidine groups is 1. The Kier molecular flexibility index (Phi) is 5.52. The Morgan fingerprint density at radius 2 is 1.85 bits per heavy atom. The predicted octanol–water partition coefficient (Wildman–Crippen LogP) is 3.91. The number of carbonyl (C=O) groups is 1. The van der Waals surface area contributed by atoms with Gasteiger partial charge in [0.05, 0.1) is 12.0 Å². The molecule has 5 nitrogen and oxygen atoms in total. The van der Waals surface area contributed by atoms with E-state index < -0.39 is 0 Å². The van der Waals surface area contributed by atoms with Crippen molar-refractivity contribution in [1.82, 2.24) is 5.32 Å². The second kappa shape index (κ2) is 8.19. The third-order valence-corrected chi connectivity index (χ3v) is 4.51. The molecule has 1 N–H and O–H groups in total. The molecule has 6 heteroatoms. The fourth-order valence-corrected chi connectivity index (χ4v) is 3.10. The van der Waals surface area contributed by atoms with Gasteiger partial charge in [0, 0.05) is 0 Å². The number of hydrogen-bond acceptors (Lipinski definition) is 5. The number of carbonyl (C=O) groups excluding carboxylic acids is 1. The van der Waals surface area contributed by atoms with Crippen molar-refractivity contribution < 1.29 is 9.53 Å². The number of nitrogens with zero attached hydrogens (tertiary/aromatic N) is 2. The Morgan fingerprint density at radius 3 is 2.58 bits per heavy atom. The normalized spacial score (nSPS) is 16.8. The summed E-state index contributed by atoms with van der Waals surface area (Å²) < 4.78 is 5.22. The number of benzene rings is 2. The number of methoxy groups -OCH3 is 1. The van der Waals surface area contributed by atoms with Crippen LogP contribution in [0.5, 0.6) is 5.75 Å². The zero-order valence-corrected chi connectivity index (χ0v) is 14.8. The molecule has 1 saturated heterocycles. The number of nitrogens with one attached hydrogen (secondary N) is 1. The van der Waals surface area contributed by atoms with Crippen molar-refractivity contribution in [2.75, 3.05) is 7.11 Å². The third kappa shape index (κ3) is 4.41. The van der Waals surface area contributed by atoms with E-state index in [1.807, 2.05) is 60.7 Å². The van der Waals surface area contributed by atoms with Gasteiger partial charge in [0.25, 0.3) is 5.91 Å². The van der Waals surface area contributed by atoms with Crippen molar-refractivity contribution in [3.8, 4) is 11.9 Å². The molecule has 0 aromatic heterocycles. The van der Waals surface area contributed by atoms with Crippen molar-refractivity contribution >= 4 is 41.1 Å². The van der Waals surface area contributed by atoms with Crippen molar-refractivity contribution in [1.29, 1.82) is 5.26 Å². The Bertz CT molecular complexity index is 954. The SMILES string of the molecule is COc1cccc(C=Cc2ccc(C=C3SC(=NC#N)NC3=O)cc2)c1. The van der Waals surface area contributed by atoms with Crippen LogP contribution in [0.2, 0.25) is 0 Å². The molecule has 0 bridgehead atoms. The smallest absolute Gasteiger partial charge is 0.264 e. The Labute approximate surface area is 155 Å². The summed E-state index contributed by atoms with van der Waals surface area (Å²) >= 11 is 1.16. The van der Waals surface area contributed by atoms with E-state index in [0.29, 0.717) is 10.1 Å². The third-order valence-electron chi connectivity index (χ3n) is 3.60. The molecular weight excluding hydrogens is 346 g/mol. The summed E-state index contributed by atoms with van der Waals surface area (Å²) in [7, 11) is 1.65. The highest BCUT2D eigenvalue weighted by atomic mass is 32.2. The zero-order chi connectivity index (χ0) is 18.4. The molecule has 0 atom stereocenters. The van der Waals surface area contributed by atoms with Gasteiger partial charge in [0.2, 0.25) is 6.19 Å². The summed E-state index contributed by atoms with van der Waals surface area (Å²) in [5.41, 5.74) is 3.00. The van der Waals surface area contributed by atoms with E-state index in [1.54, 1.807) is 19.4 Å². The lowest BCUT2D eigenvalue weighted by atomic mass is 10.1. The van der Waals surface area contributed by atoms with Gasteiger partial charge in [0.15, 0.2) is 5.17 Å². The molecule has 0 radical (unpaired) electrons. The molecular formula is C20H15N3O2S. The Morgan fingerprint density at radius 1 is 1.12 bits per heavy atom. The number of hydrogen-bond donors (Lipinski definition) is 1. The molecule has 1 heterocycles. The van der Waals surface area contributed by atoms with E-state index in [2.05, 4.69) is 10.3 Å². The van der Waals surface area contributed by atoms with E-state index in [1.165, 1.54) is 0 Å². The summed E-state index contributed by atoms with van der Waals surface area (Å²) in [6.07, 6.45) is 7.47. The zero-order valence-electron chi connectivity index (χ0n) is 14.0. The Hall–Kier alpha value is -3.30. The van der Waals surface area contributed by atoms with E-state index >= 15 is 0 Å². The number of ether oxygens (including phenoxy) is 1. The molecule has 26 heavy (non-hydrogen) atoms. The van der Waals surface area contributed by atoms with Gasteiger partial charge in [-0.3, -0.25) is 10.1 Å². The Balaban J connectivity index is 1.72. The van der Waals surface area contributed by atoms with Gasteiger partial charge >= 0.3 is 0 Å². The molecule has 3 rings (SSSR count). The van der Waals surface area contributed by atoms with Crippen LogP contribution in [0, 0.1) is 11.5 Å². The molecule has 0 unspecified atom stereocenters. The van der Waals surface area contributed by atoms with E-state index in [0.717, 1.165) is 34.2 Å². The first-order valence-electron chi connectivity index (χ1n) is 7.78. The molecule has 0 spiro atoms. The lowest BCUT2D eigenvalue weighted by molar-refractivity contribution is -0.115.